The van der Waals surface area contributed by atoms with Crippen LogP contribution >= 0.6 is 0 Å². The minimum absolute atomic E-state index is 0.0560. The summed E-state index contributed by atoms with van der Waals surface area (Å²) in [6.45, 7) is 2.76. The number of H-pyrrole nitrogens is 1. The molecule has 0 saturated heterocycles. The van der Waals surface area contributed by atoms with E-state index in [2.05, 4.69) is 29.0 Å². The van der Waals surface area contributed by atoms with E-state index in [4.69, 9.17) is 0 Å². The van der Waals surface area contributed by atoms with E-state index >= 15 is 0 Å². The van der Waals surface area contributed by atoms with Crippen molar-refractivity contribution < 1.29 is 9.59 Å². The number of rotatable bonds is 6. The fraction of sp³-hybridized carbons (Fsp3) is 0.320. The molecule has 5 heteroatoms. The molecule has 1 N–H and O–H groups in total. The fourth-order valence-corrected chi connectivity index (χ4v) is 4.40. The molecule has 1 aliphatic carbocycles. The third-order valence-electron chi connectivity index (χ3n) is 5.82. The molecule has 2 heterocycles. The quantitative estimate of drug-likeness (QED) is 0.670. The van der Waals surface area contributed by atoms with Crippen molar-refractivity contribution in [1.29, 1.82) is 0 Å². The Bertz CT molecular complexity index is 1040. The van der Waals surface area contributed by atoms with Crippen LogP contribution in [-0.4, -0.2) is 40.2 Å². The molecule has 1 atom stereocenters. The summed E-state index contributed by atoms with van der Waals surface area (Å²) in [7, 11) is 1.82. The molecular weight excluding hydrogens is 374 g/mol. The lowest BCUT2D eigenvalue weighted by Crippen LogP contribution is -2.37. The molecule has 1 aromatic carbocycles. The van der Waals surface area contributed by atoms with Gasteiger partial charge in [0.1, 0.15) is 0 Å². The number of pyridine rings is 1. The molecule has 1 amide bonds. The summed E-state index contributed by atoms with van der Waals surface area (Å²) in [5, 5.41) is 0. The van der Waals surface area contributed by atoms with Gasteiger partial charge in [-0.1, -0.05) is 37.3 Å². The standard InChI is InChI=1S/C25H27N3O2/c1-3-13-28(2)25(30)19-15-21-23(22(29)16-19)20(14-17-7-5-4-6-8-17)24(27-21)18-9-11-26-12-10-18/h4-12,19,27H,3,13-16H2,1-2H3. The molecule has 5 nitrogen and oxygen atoms in total. The number of aromatic amines is 1. The molecule has 0 fully saturated rings. The number of carbonyl (C=O) groups is 2. The summed E-state index contributed by atoms with van der Waals surface area (Å²) in [6, 6.07) is 14.1. The predicted molar refractivity (Wildman–Crippen MR) is 117 cm³/mol. The van der Waals surface area contributed by atoms with E-state index in [1.54, 1.807) is 17.3 Å². The van der Waals surface area contributed by atoms with Crippen molar-refractivity contribution >= 4 is 11.7 Å². The Hall–Kier alpha value is -3.21. The zero-order valence-corrected chi connectivity index (χ0v) is 17.5. The molecule has 1 aliphatic rings. The van der Waals surface area contributed by atoms with Crippen LogP contribution < -0.4 is 0 Å². The Morgan fingerprint density at radius 3 is 2.57 bits per heavy atom. The number of hydrogen-bond acceptors (Lipinski definition) is 3. The van der Waals surface area contributed by atoms with Crippen LogP contribution in [0, 0.1) is 5.92 Å². The number of amides is 1. The van der Waals surface area contributed by atoms with Crippen LogP contribution in [0.3, 0.4) is 0 Å². The van der Waals surface area contributed by atoms with Crippen molar-refractivity contribution in [3.05, 3.63) is 77.2 Å². The summed E-state index contributed by atoms with van der Waals surface area (Å²) in [5.41, 5.74) is 5.78. The summed E-state index contributed by atoms with van der Waals surface area (Å²) < 4.78 is 0. The lowest BCUT2D eigenvalue weighted by atomic mass is 9.83. The number of nitrogens with one attached hydrogen (secondary N) is 1. The highest BCUT2D eigenvalue weighted by molar-refractivity contribution is 6.04. The van der Waals surface area contributed by atoms with Gasteiger partial charge in [0.05, 0.1) is 11.6 Å². The second-order valence-corrected chi connectivity index (χ2v) is 8.02. The lowest BCUT2D eigenvalue weighted by Gasteiger charge is -2.26. The second-order valence-electron chi connectivity index (χ2n) is 8.02. The van der Waals surface area contributed by atoms with Gasteiger partial charge in [-0.3, -0.25) is 14.6 Å². The van der Waals surface area contributed by atoms with Crippen molar-refractivity contribution in [3.63, 3.8) is 0 Å². The van der Waals surface area contributed by atoms with E-state index in [0.717, 1.165) is 40.1 Å². The first kappa shape index (κ1) is 20.1. The van der Waals surface area contributed by atoms with E-state index in [0.29, 0.717) is 19.4 Å². The highest BCUT2D eigenvalue weighted by Gasteiger charge is 2.35. The highest BCUT2D eigenvalue weighted by atomic mass is 16.2. The van der Waals surface area contributed by atoms with Crippen molar-refractivity contribution in [2.24, 2.45) is 5.92 Å². The zero-order valence-electron chi connectivity index (χ0n) is 17.5. The van der Waals surface area contributed by atoms with Crippen LogP contribution in [0.4, 0.5) is 0 Å². The number of benzene rings is 1. The summed E-state index contributed by atoms with van der Waals surface area (Å²) in [4.78, 5) is 35.5. The Morgan fingerprint density at radius 1 is 1.13 bits per heavy atom. The Balaban J connectivity index is 1.74. The molecule has 30 heavy (non-hydrogen) atoms. The number of ketones is 1. The number of hydrogen-bond donors (Lipinski definition) is 1. The van der Waals surface area contributed by atoms with Gasteiger partial charge in [0.2, 0.25) is 5.91 Å². The topological polar surface area (TPSA) is 66.1 Å². The van der Waals surface area contributed by atoms with E-state index in [1.807, 2.05) is 37.4 Å². The lowest BCUT2D eigenvalue weighted by molar-refractivity contribution is -0.134. The van der Waals surface area contributed by atoms with E-state index in [1.165, 1.54) is 0 Å². The Morgan fingerprint density at radius 2 is 1.87 bits per heavy atom. The molecule has 0 bridgehead atoms. The van der Waals surface area contributed by atoms with E-state index in [-0.39, 0.29) is 24.0 Å². The first-order chi connectivity index (χ1) is 14.6. The largest absolute Gasteiger partial charge is 0.358 e. The van der Waals surface area contributed by atoms with Crippen molar-refractivity contribution in [2.75, 3.05) is 13.6 Å². The average molecular weight is 402 g/mol. The van der Waals surface area contributed by atoms with Gasteiger partial charge in [0.25, 0.3) is 0 Å². The first-order valence-corrected chi connectivity index (χ1v) is 10.5. The molecule has 3 aromatic rings. The van der Waals surface area contributed by atoms with Crippen molar-refractivity contribution in [2.45, 2.75) is 32.6 Å². The van der Waals surface area contributed by atoms with Gasteiger partial charge < -0.3 is 9.88 Å². The van der Waals surface area contributed by atoms with Crippen LogP contribution in [0.25, 0.3) is 11.3 Å². The second kappa shape index (κ2) is 8.66. The maximum Gasteiger partial charge on any atom is 0.226 e. The zero-order chi connectivity index (χ0) is 21.1. The molecule has 4 rings (SSSR count). The van der Waals surface area contributed by atoms with Crippen molar-refractivity contribution in [3.8, 4) is 11.3 Å². The van der Waals surface area contributed by atoms with E-state index < -0.39 is 0 Å². The maximum absolute atomic E-state index is 13.2. The molecule has 0 spiro atoms. The van der Waals surface area contributed by atoms with Gasteiger partial charge in [-0.2, -0.15) is 0 Å². The number of carbonyl (C=O) groups excluding carboxylic acids is 2. The number of fused-ring (bicyclic) bond motifs is 1. The SMILES string of the molecule is CCCN(C)C(=O)C1CC(=O)c2c([nH]c(-c3ccncc3)c2Cc2ccccc2)C1. The average Bonchev–Trinajstić information content (AvgIpc) is 3.13. The van der Waals surface area contributed by atoms with Gasteiger partial charge in [-0.15, -0.1) is 0 Å². The Labute approximate surface area is 177 Å². The summed E-state index contributed by atoms with van der Waals surface area (Å²) >= 11 is 0. The molecule has 2 aromatic heterocycles. The molecule has 0 radical (unpaired) electrons. The molecule has 154 valence electrons. The van der Waals surface area contributed by atoms with Crippen molar-refractivity contribution in [1.82, 2.24) is 14.9 Å². The first-order valence-electron chi connectivity index (χ1n) is 10.5. The van der Waals surface area contributed by atoms with Crippen LogP contribution in [0.15, 0.2) is 54.9 Å². The molecular formula is C25H27N3O2. The normalized spacial score (nSPS) is 15.7. The van der Waals surface area contributed by atoms with E-state index in [9.17, 15) is 9.59 Å². The van der Waals surface area contributed by atoms with Crippen LogP contribution in [0.1, 0.15) is 46.9 Å². The maximum atomic E-state index is 13.2. The van der Waals surface area contributed by atoms with Crippen LogP contribution in [-0.2, 0) is 17.6 Å². The number of nitrogens with zero attached hydrogens (tertiary/aromatic N) is 2. The summed E-state index contributed by atoms with van der Waals surface area (Å²) in [5.74, 6) is -0.183. The van der Waals surface area contributed by atoms with Crippen LogP contribution in [0.2, 0.25) is 0 Å². The molecule has 0 aliphatic heterocycles. The predicted octanol–water partition coefficient (Wildman–Crippen LogP) is 4.28. The van der Waals surface area contributed by atoms with Gasteiger partial charge in [-0.25, -0.2) is 0 Å². The monoisotopic (exact) mass is 401 g/mol. The minimum Gasteiger partial charge on any atom is -0.358 e. The number of aromatic nitrogens is 2. The Kier molecular flexibility index (Phi) is 5.79. The summed E-state index contributed by atoms with van der Waals surface area (Å²) in [6.07, 6.45) is 5.94. The smallest absolute Gasteiger partial charge is 0.226 e. The van der Waals surface area contributed by atoms with Crippen LogP contribution in [0.5, 0.6) is 0 Å². The molecule has 1 unspecified atom stereocenters. The van der Waals surface area contributed by atoms with Gasteiger partial charge in [0, 0.05) is 62.1 Å². The van der Waals surface area contributed by atoms with Gasteiger partial charge >= 0.3 is 0 Å². The third kappa shape index (κ3) is 3.92. The van der Waals surface area contributed by atoms with Gasteiger partial charge in [0.15, 0.2) is 5.78 Å². The molecule has 0 saturated carbocycles. The van der Waals surface area contributed by atoms with Gasteiger partial charge in [-0.05, 0) is 29.7 Å². The third-order valence-corrected chi connectivity index (χ3v) is 5.82. The highest BCUT2D eigenvalue weighted by Crippen LogP contribution is 2.36. The number of Topliss-reactive ketones (excluding diaryl/α,β-unsaturated/α-hetero) is 1. The fourth-order valence-electron chi connectivity index (χ4n) is 4.40. The minimum atomic E-state index is -0.296.